The molecule has 0 spiro atoms. The minimum atomic E-state index is -0.558. The van der Waals surface area contributed by atoms with Gasteiger partial charge in [0.05, 0.1) is 6.61 Å². The van der Waals surface area contributed by atoms with E-state index in [9.17, 15) is 9.59 Å². The van der Waals surface area contributed by atoms with Crippen LogP contribution in [0.15, 0.2) is 97.2 Å². The lowest BCUT2D eigenvalue weighted by atomic mass is 10.1. The van der Waals surface area contributed by atoms with Gasteiger partial charge in [0.15, 0.2) is 6.10 Å². The van der Waals surface area contributed by atoms with Crippen LogP contribution in [0.5, 0.6) is 0 Å². The van der Waals surface area contributed by atoms with E-state index in [1.807, 2.05) is 0 Å². The van der Waals surface area contributed by atoms with E-state index in [0.717, 1.165) is 109 Å². The molecular formula is C59H100O5. The predicted molar refractivity (Wildman–Crippen MR) is 279 cm³/mol. The van der Waals surface area contributed by atoms with Gasteiger partial charge < -0.3 is 14.2 Å². The monoisotopic (exact) mass is 889 g/mol. The summed E-state index contributed by atoms with van der Waals surface area (Å²) in [5.74, 6) is -0.434. The molecule has 0 bridgehead atoms. The topological polar surface area (TPSA) is 61.8 Å². The number of esters is 2. The van der Waals surface area contributed by atoms with Crippen molar-refractivity contribution in [2.45, 2.75) is 245 Å². The highest BCUT2D eigenvalue weighted by Crippen LogP contribution is 2.13. The van der Waals surface area contributed by atoms with Gasteiger partial charge in [-0.2, -0.15) is 0 Å². The second-order valence-electron chi connectivity index (χ2n) is 17.4. The molecule has 0 aliphatic rings. The smallest absolute Gasteiger partial charge is 0.306 e. The van der Waals surface area contributed by atoms with Crippen molar-refractivity contribution in [2.75, 3.05) is 19.8 Å². The molecule has 0 aromatic rings. The van der Waals surface area contributed by atoms with Crippen molar-refractivity contribution in [2.24, 2.45) is 0 Å². The maximum Gasteiger partial charge on any atom is 0.306 e. The number of hydrogen-bond donors (Lipinski definition) is 0. The predicted octanol–water partition coefficient (Wildman–Crippen LogP) is 18.2. The molecule has 0 N–H and O–H groups in total. The van der Waals surface area contributed by atoms with Gasteiger partial charge in [-0.05, 0) is 116 Å². The minimum absolute atomic E-state index is 0.0641. The highest BCUT2D eigenvalue weighted by Gasteiger charge is 2.17. The number of unbranched alkanes of at least 4 members (excludes halogenated alkanes) is 21. The lowest BCUT2D eigenvalue weighted by molar-refractivity contribution is -0.163. The van der Waals surface area contributed by atoms with Crippen molar-refractivity contribution in [3.63, 3.8) is 0 Å². The first kappa shape index (κ1) is 60.8. The first-order valence-electron chi connectivity index (χ1n) is 26.8. The summed E-state index contributed by atoms with van der Waals surface area (Å²) in [6, 6.07) is 0. The van der Waals surface area contributed by atoms with Crippen LogP contribution < -0.4 is 0 Å². The molecule has 0 aliphatic carbocycles. The van der Waals surface area contributed by atoms with Gasteiger partial charge >= 0.3 is 11.9 Å². The summed E-state index contributed by atoms with van der Waals surface area (Å²) in [6.45, 7) is 7.54. The molecule has 0 amide bonds. The average Bonchev–Trinajstić information content (AvgIpc) is 3.30. The molecule has 0 aliphatic heterocycles. The first-order chi connectivity index (χ1) is 31.6. The lowest BCUT2D eigenvalue weighted by Gasteiger charge is -2.18. The lowest BCUT2D eigenvalue weighted by Crippen LogP contribution is -2.30. The molecule has 0 heterocycles. The fraction of sp³-hybridized carbons (Fsp3) is 0.695. The fourth-order valence-electron chi connectivity index (χ4n) is 7.16. The van der Waals surface area contributed by atoms with Gasteiger partial charge in [-0.3, -0.25) is 9.59 Å². The number of rotatable bonds is 48. The molecule has 5 heteroatoms. The molecule has 5 nitrogen and oxygen atoms in total. The Hall–Kier alpha value is -3.18. The highest BCUT2D eigenvalue weighted by molar-refractivity contribution is 5.70. The Labute approximate surface area is 396 Å². The van der Waals surface area contributed by atoms with Crippen LogP contribution in [0.3, 0.4) is 0 Å². The third-order valence-corrected chi connectivity index (χ3v) is 11.1. The Morgan fingerprint density at radius 3 is 1.14 bits per heavy atom. The van der Waals surface area contributed by atoms with Crippen LogP contribution in [0.4, 0.5) is 0 Å². The SMILES string of the molecule is CC/C=C\C/C=C\C/C=C\C/C=C\CCCCCCCCCOCC(COC(=O)CCCCCCC/C=C\C/C=C\C/C=C\CC)OC(=O)CCCCCCC/C=C\CCCCCC. The standard InChI is InChI=1S/C59H100O5/c1-4-7-10-13-16-19-22-25-27-28-29-30-31-33-36-39-42-45-48-51-54-62-55-57(64-59(61)53-50-47-44-41-38-34-24-21-18-15-12-9-6-3)56-63-58(60)52-49-46-43-40-37-35-32-26-23-20-17-14-11-8-5-2/h7-8,10-11,16-17,19-21,24-27,29-30,32,57H,4-6,9,12-15,18,22-23,28,31,33-56H2,1-3H3/b10-7-,11-8-,19-16-,20-17-,24-21-,27-25-,30-29-,32-26-. The molecule has 1 unspecified atom stereocenters. The van der Waals surface area contributed by atoms with Gasteiger partial charge in [0.1, 0.15) is 6.61 Å². The zero-order valence-corrected chi connectivity index (χ0v) is 42.0. The summed E-state index contributed by atoms with van der Waals surface area (Å²) in [7, 11) is 0. The highest BCUT2D eigenvalue weighted by atomic mass is 16.6. The van der Waals surface area contributed by atoms with E-state index in [1.54, 1.807) is 0 Å². The van der Waals surface area contributed by atoms with Gasteiger partial charge in [-0.15, -0.1) is 0 Å². The quantitative estimate of drug-likeness (QED) is 0.0346. The maximum absolute atomic E-state index is 12.8. The number of ether oxygens (including phenoxy) is 3. The summed E-state index contributed by atoms with van der Waals surface area (Å²) in [4.78, 5) is 25.4. The van der Waals surface area contributed by atoms with Gasteiger partial charge in [0.2, 0.25) is 0 Å². The minimum Gasteiger partial charge on any atom is -0.462 e. The zero-order chi connectivity index (χ0) is 46.3. The van der Waals surface area contributed by atoms with E-state index in [0.29, 0.717) is 19.4 Å². The molecule has 0 saturated carbocycles. The van der Waals surface area contributed by atoms with Crippen LogP contribution in [0.1, 0.15) is 239 Å². The number of carbonyl (C=O) groups excluding carboxylic acids is 2. The molecule has 0 aromatic carbocycles. The summed E-state index contributed by atoms with van der Waals surface area (Å²) in [5, 5.41) is 0. The van der Waals surface area contributed by atoms with Crippen LogP contribution in [0.25, 0.3) is 0 Å². The van der Waals surface area contributed by atoms with Gasteiger partial charge in [-0.1, -0.05) is 208 Å². The number of hydrogen-bond acceptors (Lipinski definition) is 5. The molecule has 0 fully saturated rings. The van der Waals surface area contributed by atoms with E-state index in [4.69, 9.17) is 14.2 Å². The molecule has 1 atom stereocenters. The van der Waals surface area contributed by atoms with Crippen molar-refractivity contribution in [3.05, 3.63) is 97.2 Å². The summed E-state index contributed by atoms with van der Waals surface area (Å²) >= 11 is 0. The van der Waals surface area contributed by atoms with Crippen LogP contribution in [-0.2, 0) is 23.8 Å². The molecular weight excluding hydrogens is 789 g/mol. The second kappa shape index (κ2) is 54.2. The third kappa shape index (κ3) is 51.5. The van der Waals surface area contributed by atoms with Crippen molar-refractivity contribution >= 4 is 11.9 Å². The normalized spacial score (nSPS) is 13.0. The largest absolute Gasteiger partial charge is 0.462 e. The molecule has 0 rings (SSSR count). The third-order valence-electron chi connectivity index (χ3n) is 11.1. The molecule has 64 heavy (non-hydrogen) atoms. The van der Waals surface area contributed by atoms with Crippen molar-refractivity contribution < 1.29 is 23.8 Å². The van der Waals surface area contributed by atoms with Crippen LogP contribution in [0.2, 0.25) is 0 Å². The van der Waals surface area contributed by atoms with Crippen molar-refractivity contribution in [3.8, 4) is 0 Å². The van der Waals surface area contributed by atoms with E-state index < -0.39 is 6.10 Å². The number of carbonyl (C=O) groups is 2. The average molecular weight is 889 g/mol. The van der Waals surface area contributed by atoms with Crippen LogP contribution in [-0.4, -0.2) is 37.9 Å². The summed E-state index contributed by atoms with van der Waals surface area (Å²) in [6.07, 6.45) is 72.7. The second-order valence-corrected chi connectivity index (χ2v) is 17.4. The summed E-state index contributed by atoms with van der Waals surface area (Å²) in [5.41, 5.74) is 0. The van der Waals surface area contributed by atoms with Crippen molar-refractivity contribution in [1.29, 1.82) is 0 Å². The zero-order valence-electron chi connectivity index (χ0n) is 42.0. The summed E-state index contributed by atoms with van der Waals surface area (Å²) < 4.78 is 17.4. The van der Waals surface area contributed by atoms with E-state index in [2.05, 4.69) is 118 Å². The Kier molecular flexibility index (Phi) is 51.5. The maximum atomic E-state index is 12.8. The van der Waals surface area contributed by atoms with E-state index in [-0.39, 0.29) is 25.2 Å². The fourth-order valence-corrected chi connectivity index (χ4v) is 7.16. The van der Waals surface area contributed by atoms with Gasteiger partial charge in [0.25, 0.3) is 0 Å². The Bertz CT molecular complexity index is 1230. The first-order valence-corrected chi connectivity index (χ1v) is 26.8. The Balaban J connectivity index is 4.32. The van der Waals surface area contributed by atoms with E-state index >= 15 is 0 Å². The Morgan fingerprint density at radius 2 is 0.703 bits per heavy atom. The van der Waals surface area contributed by atoms with Crippen LogP contribution in [0, 0.1) is 0 Å². The molecule has 366 valence electrons. The molecule has 0 radical (unpaired) electrons. The van der Waals surface area contributed by atoms with Crippen LogP contribution >= 0.6 is 0 Å². The Morgan fingerprint density at radius 1 is 0.359 bits per heavy atom. The number of allylic oxidation sites excluding steroid dienone is 16. The van der Waals surface area contributed by atoms with Crippen molar-refractivity contribution in [1.82, 2.24) is 0 Å². The van der Waals surface area contributed by atoms with Gasteiger partial charge in [0, 0.05) is 19.4 Å². The van der Waals surface area contributed by atoms with E-state index in [1.165, 1.54) is 96.3 Å². The van der Waals surface area contributed by atoms with Gasteiger partial charge in [-0.25, -0.2) is 0 Å². The molecule has 0 saturated heterocycles. The molecule has 0 aromatic heterocycles.